The quantitative estimate of drug-likeness (QED) is 0.257. The molecule has 0 spiro atoms. The lowest BCUT2D eigenvalue weighted by Crippen LogP contribution is -2.36. The van der Waals surface area contributed by atoms with Gasteiger partial charge in [-0.2, -0.15) is 11.8 Å². The topological polar surface area (TPSA) is 110 Å². The van der Waals surface area contributed by atoms with Crippen LogP contribution >= 0.6 is 11.8 Å². The predicted molar refractivity (Wildman–Crippen MR) is 113 cm³/mol. The summed E-state index contributed by atoms with van der Waals surface area (Å²) in [7, 11) is 0. The first kappa shape index (κ1) is 20.3. The minimum Gasteiger partial charge on any atom is -0.459 e. The number of benzene rings is 1. The molecule has 2 aliphatic heterocycles. The molecule has 3 heterocycles. The molecular formula is C21H23N3O5S. The highest BCUT2D eigenvalue weighted by Crippen LogP contribution is 2.33. The van der Waals surface area contributed by atoms with E-state index >= 15 is 0 Å². The third-order valence-electron chi connectivity index (χ3n) is 5.15. The van der Waals surface area contributed by atoms with E-state index in [-0.39, 0.29) is 35.8 Å². The fourth-order valence-electron chi connectivity index (χ4n) is 3.65. The molecule has 1 aromatic heterocycles. The largest absolute Gasteiger partial charge is 0.459 e. The van der Waals surface area contributed by atoms with Gasteiger partial charge in [0.25, 0.3) is 5.91 Å². The van der Waals surface area contributed by atoms with Crippen LogP contribution in [0.4, 0.5) is 10.5 Å². The molecule has 0 aliphatic carbocycles. The Morgan fingerprint density at radius 3 is 2.77 bits per heavy atom. The fourth-order valence-corrected chi connectivity index (χ4v) is 5.19. The number of carbonyl (C=O) groups is 3. The Bertz CT molecular complexity index is 900. The number of carbonyl (C=O) groups excluding carboxylic acids is 3. The van der Waals surface area contributed by atoms with Crippen molar-refractivity contribution >= 4 is 35.4 Å². The second-order valence-electron chi connectivity index (χ2n) is 7.30. The first-order valence-corrected chi connectivity index (χ1v) is 11.0. The van der Waals surface area contributed by atoms with Gasteiger partial charge in [-0.15, -0.1) is 0 Å². The number of ether oxygens (including phenoxy) is 1. The van der Waals surface area contributed by atoms with Gasteiger partial charge in [0.05, 0.1) is 18.3 Å². The van der Waals surface area contributed by atoms with Crippen molar-refractivity contribution in [1.82, 2.24) is 10.6 Å². The molecule has 3 N–H and O–H groups in total. The zero-order chi connectivity index (χ0) is 20.9. The molecule has 2 saturated heterocycles. The van der Waals surface area contributed by atoms with Crippen molar-refractivity contribution in [3.63, 3.8) is 0 Å². The first-order valence-electron chi connectivity index (χ1n) is 9.93. The van der Waals surface area contributed by atoms with E-state index in [1.54, 1.807) is 36.4 Å². The van der Waals surface area contributed by atoms with Crippen LogP contribution < -0.4 is 20.7 Å². The number of fused-ring (bicyclic) bond motifs is 1. The number of thioether (sulfide) groups is 1. The molecule has 3 atom stereocenters. The Labute approximate surface area is 178 Å². The molecule has 158 valence electrons. The summed E-state index contributed by atoms with van der Waals surface area (Å²) in [6, 6.07) is 10.2. The van der Waals surface area contributed by atoms with Gasteiger partial charge in [0.15, 0.2) is 5.76 Å². The molecule has 2 aliphatic rings. The molecular weight excluding hydrogens is 406 g/mol. The molecule has 0 radical (unpaired) electrons. The molecule has 0 bridgehead atoms. The van der Waals surface area contributed by atoms with E-state index in [0.29, 0.717) is 23.1 Å². The number of furan rings is 1. The first-order chi connectivity index (χ1) is 14.6. The second kappa shape index (κ2) is 9.25. The summed E-state index contributed by atoms with van der Waals surface area (Å²) in [6.07, 6.45) is 4.39. The zero-order valence-electron chi connectivity index (χ0n) is 16.3. The maximum Gasteiger partial charge on any atom is 0.315 e. The number of hydrogen-bond acceptors (Lipinski definition) is 6. The van der Waals surface area contributed by atoms with E-state index in [4.69, 9.17) is 9.15 Å². The van der Waals surface area contributed by atoms with Crippen molar-refractivity contribution in [2.45, 2.75) is 43.0 Å². The van der Waals surface area contributed by atoms with Crippen LogP contribution in [-0.2, 0) is 4.79 Å². The monoisotopic (exact) mass is 429 g/mol. The number of nitrogens with one attached hydrogen (secondary N) is 3. The number of anilines is 1. The molecule has 0 saturated carbocycles. The van der Waals surface area contributed by atoms with Gasteiger partial charge in [-0.05, 0) is 49.2 Å². The van der Waals surface area contributed by atoms with Crippen molar-refractivity contribution in [2.24, 2.45) is 0 Å². The molecule has 2 aromatic rings. The van der Waals surface area contributed by atoms with E-state index in [9.17, 15) is 14.4 Å². The van der Waals surface area contributed by atoms with Crippen molar-refractivity contribution in [1.29, 1.82) is 0 Å². The van der Waals surface area contributed by atoms with Gasteiger partial charge in [0.1, 0.15) is 5.75 Å². The Kier molecular flexibility index (Phi) is 6.27. The molecule has 9 heteroatoms. The molecule has 1 aromatic carbocycles. The van der Waals surface area contributed by atoms with E-state index < -0.39 is 0 Å². The van der Waals surface area contributed by atoms with Crippen LogP contribution in [0.1, 0.15) is 36.2 Å². The van der Waals surface area contributed by atoms with Crippen LogP contribution in [0.3, 0.4) is 0 Å². The van der Waals surface area contributed by atoms with Gasteiger partial charge in [-0.1, -0.05) is 6.42 Å². The smallest absolute Gasteiger partial charge is 0.315 e. The van der Waals surface area contributed by atoms with Crippen LogP contribution in [0.5, 0.6) is 5.75 Å². The molecule has 4 rings (SSSR count). The van der Waals surface area contributed by atoms with Gasteiger partial charge in [0, 0.05) is 23.1 Å². The normalized spacial score (nSPS) is 22.1. The number of esters is 1. The average molecular weight is 429 g/mol. The van der Waals surface area contributed by atoms with E-state index in [2.05, 4.69) is 16.0 Å². The highest BCUT2D eigenvalue weighted by Gasteiger charge is 2.42. The third-order valence-corrected chi connectivity index (χ3v) is 6.66. The average Bonchev–Trinajstić information content (AvgIpc) is 3.45. The Balaban J connectivity index is 1.15. The van der Waals surface area contributed by atoms with Crippen molar-refractivity contribution in [3.8, 4) is 5.75 Å². The lowest BCUT2D eigenvalue weighted by atomic mass is 10.0. The fraction of sp³-hybridized carbons (Fsp3) is 0.381. The van der Waals surface area contributed by atoms with Crippen molar-refractivity contribution in [2.75, 3.05) is 11.1 Å². The zero-order valence-corrected chi connectivity index (χ0v) is 17.1. The molecule has 8 nitrogen and oxygen atoms in total. The SMILES string of the molecule is O=C1N[C@H]2[C@@H](CS[C@@H]2CCCCC(=O)Oc2ccc(NC(=O)c3ccco3)cc2)N1. The van der Waals surface area contributed by atoms with Gasteiger partial charge in [0.2, 0.25) is 0 Å². The highest BCUT2D eigenvalue weighted by molar-refractivity contribution is 8.00. The Morgan fingerprint density at radius 2 is 2.00 bits per heavy atom. The molecule has 0 unspecified atom stereocenters. The van der Waals surface area contributed by atoms with Crippen LogP contribution in [0.2, 0.25) is 0 Å². The minimum absolute atomic E-state index is 0.0783. The number of urea groups is 1. The number of rotatable bonds is 8. The van der Waals surface area contributed by atoms with Gasteiger partial charge < -0.3 is 25.1 Å². The number of hydrogen-bond donors (Lipinski definition) is 3. The Morgan fingerprint density at radius 1 is 1.17 bits per heavy atom. The van der Waals surface area contributed by atoms with Crippen LogP contribution in [-0.4, -0.2) is 41.0 Å². The minimum atomic E-state index is -0.343. The highest BCUT2D eigenvalue weighted by atomic mass is 32.2. The molecule has 30 heavy (non-hydrogen) atoms. The van der Waals surface area contributed by atoms with Gasteiger partial charge in [-0.3, -0.25) is 9.59 Å². The predicted octanol–water partition coefficient (Wildman–Crippen LogP) is 3.16. The summed E-state index contributed by atoms with van der Waals surface area (Å²) < 4.78 is 10.4. The summed E-state index contributed by atoms with van der Waals surface area (Å²) >= 11 is 1.87. The van der Waals surface area contributed by atoms with E-state index in [1.807, 2.05) is 11.8 Å². The number of unbranched alkanes of at least 4 members (excludes halogenated alkanes) is 1. The van der Waals surface area contributed by atoms with E-state index in [0.717, 1.165) is 25.0 Å². The summed E-state index contributed by atoms with van der Waals surface area (Å²) in [5, 5.41) is 9.01. The molecule has 2 fully saturated rings. The van der Waals surface area contributed by atoms with Crippen molar-refractivity contribution in [3.05, 3.63) is 48.4 Å². The van der Waals surface area contributed by atoms with Gasteiger partial charge in [-0.25, -0.2) is 4.79 Å². The lowest BCUT2D eigenvalue weighted by molar-refractivity contribution is -0.134. The third kappa shape index (κ3) is 4.96. The van der Waals surface area contributed by atoms with Crippen LogP contribution in [0.15, 0.2) is 47.1 Å². The lowest BCUT2D eigenvalue weighted by Gasteiger charge is -2.16. The van der Waals surface area contributed by atoms with Crippen LogP contribution in [0, 0.1) is 0 Å². The van der Waals surface area contributed by atoms with Crippen LogP contribution in [0.25, 0.3) is 0 Å². The summed E-state index contributed by atoms with van der Waals surface area (Å²) in [5.74, 6) is 0.974. The summed E-state index contributed by atoms with van der Waals surface area (Å²) in [4.78, 5) is 35.4. The standard InChI is InChI=1S/C21H23N3O5S/c25-18(6-2-1-5-17-19-15(12-30-17)23-21(27)24-19)29-14-9-7-13(8-10-14)22-20(26)16-4-3-11-28-16/h3-4,7-11,15,17,19H,1-2,5-6,12H2,(H,22,26)(H2,23,24,27)/t15-,17-,19+/m1/s1. The second-order valence-corrected chi connectivity index (χ2v) is 8.57. The number of amides is 3. The van der Waals surface area contributed by atoms with Gasteiger partial charge >= 0.3 is 12.0 Å². The maximum atomic E-state index is 12.1. The Hall–Kier alpha value is -2.94. The molecule has 3 amide bonds. The summed E-state index contributed by atoms with van der Waals surface area (Å²) in [5.41, 5.74) is 0.581. The maximum absolute atomic E-state index is 12.1. The van der Waals surface area contributed by atoms with E-state index in [1.165, 1.54) is 6.26 Å². The summed E-state index contributed by atoms with van der Waals surface area (Å²) in [6.45, 7) is 0. The van der Waals surface area contributed by atoms with Crippen molar-refractivity contribution < 1.29 is 23.5 Å².